The molecule has 2 rings (SSSR count). The average Bonchev–Trinajstić information content (AvgIpc) is 2.65. The number of nitrogens with one attached hydrogen (secondary N) is 1. The van der Waals surface area contributed by atoms with E-state index in [1.54, 1.807) is 12.1 Å². The van der Waals surface area contributed by atoms with Crippen molar-refractivity contribution in [2.75, 3.05) is 6.54 Å². The lowest BCUT2D eigenvalue weighted by Crippen LogP contribution is -2.35. The summed E-state index contributed by atoms with van der Waals surface area (Å²) in [6, 6.07) is 14.3. The second-order valence-electron chi connectivity index (χ2n) is 5.40. The van der Waals surface area contributed by atoms with Gasteiger partial charge in [-0.1, -0.05) is 42.5 Å². The number of rotatable bonds is 8. The highest BCUT2D eigenvalue weighted by Crippen LogP contribution is 2.21. The van der Waals surface area contributed by atoms with Crippen LogP contribution in [0.25, 0.3) is 0 Å². The standard InChI is InChI=1S/C18H19F2NO5/c19-17(20)26-14-8-6-13(7-9-14)16(23)15(22)10-21-18(24)25-11-12-4-2-1-3-5-12/h1-9,15-17,22-23H,10-11H2,(H,21,24). The Hall–Kier alpha value is -2.71. The summed E-state index contributed by atoms with van der Waals surface area (Å²) < 4.78 is 33.4. The molecule has 26 heavy (non-hydrogen) atoms. The molecule has 2 atom stereocenters. The second kappa shape index (κ2) is 9.69. The molecule has 140 valence electrons. The van der Waals surface area contributed by atoms with E-state index in [1.807, 2.05) is 18.2 Å². The summed E-state index contributed by atoms with van der Waals surface area (Å²) in [5.74, 6) is -0.0620. The van der Waals surface area contributed by atoms with Crippen LogP contribution in [0.5, 0.6) is 5.75 Å². The van der Waals surface area contributed by atoms with Crippen molar-refractivity contribution in [3.8, 4) is 5.75 Å². The zero-order valence-corrected chi connectivity index (χ0v) is 13.7. The maximum Gasteiger partial charge on any atom is 0.407 e. The molecule has 0 spiro atoms. The van der Waals surface area contributed by atoms with Gasteiger partial charge in [0.25, 0.3) is 0 Å². The van der Waals surface area contributed by atoms with Gasteiger partial charge in [0.2, 0.25) is 0 Å². The fourth-order valence-corrected chi connectivity index (χ4v) is 2.14. The minimum absolute atomic E-state index is 0.0620. The third-order valence-electron chi connectivity index (χ3n) is 3.48. The lowest BCUT2D eigenvalue weighted by atomic mass is 10.0. The van der Waals surface area contributed by atoms with E-state index >= 15 is 0 Å². The molecule has 8 heteroatoms. The van der Waals surface area contributed by atoms with E-state index in [0.717, 1.165) is 5.56 Å². The van der Waals surface area contributed by atoms with E-state index in [4.69, 9.17) is 4.74 Å². The molecule has 0 heterocycles. The summed E-state index contributed by atoms with van der Waals surface area (Å²) in [6.45, 7) is -3.11. The van der Waals surface area contributed by atoms with Gasteiger partial charge in [0.1, 0.15) is 24.6 Å². The first-order chi connectivity index (χ1) is 12.5. The second-order valence-corrected chi connectivity index (χ2v) is 5.40. The Morgan fingerprint density at radius 2 is 1.69 bits per heavy atom. The number of alkyl carbamates (subject to hydrolysis) is 1. The normalized spacial score (nSPS) is 13.1. The highest BCUT2D eigenvalue weighted by molar-refractivity contribution is 5.67. The monoisotopic (exact) mass is 367 g/mol. The Labute approximate surface area is 149 Å². The van der Waals surface area contributed by atoms with E-state index in [0.29, 0.717) is 5.56 Å². The van der Waals surface area contributed by atoms with Crippen LogP contribution in [-0.4, -0.2) is 35.6 Å². The van der Waals surface area contributed by atoms with Gasteiger partial charge >= 0.3 is 12.7 Å². The number of carbonyl (C=O) groups excluding carboxylic acids is 1. The van der Waals surface area contributed by atoms with E-state index in [-0.39, 0.29) is 18.9 Å². The molecule has 0 aliphatic carbocycles. The molecule has 3 N–H and O–H groups in total. The molecule has 1 amide bonds. The van der Waals surface area contributed by atoms with Crippen molar-refractivity contribution in [1.29, 1.82) is 0 Å². The van der Waals surface area contributed by atoms with Crippen molar-refractivity contribution >= 4 is 6.09 Å². The van der Waals surface area contributed by atoms with Crippen molar-refractivity contribution in [2.45, 2.75) is 25.4 Å². The Balaban J connectivity index is 1.77. The first kappa shape index (κ1) is 19.6. The maximum absolute atomic E-state index is 12.1. The molecule has 6 nitrogen and oxygen atoms in total. The van der Waals surface area contributed by atoms with Gasteiger partial charge in [-0.05, 0) is 23.3 Å². The van der Waals surface area contributed by atoms with Crippen LogP contribution in [0.2, 0.25) is 0 Å². The van der Waals surface area contributed by atoms with Crippen LogP contribution in [0.4, 0.5) is 13.6 Å². The van der Waals surface area contributed by atoms with Gasteiger partial charge < -0.3 is 25.0 Å². The largest absolute Gasteiger partial charge is 0.445 e. The predicted octanol–water partition coefficient (Wildman–Crippen LogP) is 2.61. The fraction of sp³-hybridized carbons (Fsp3) is 0.278. The summed E-state index contributed by atoms with van der Waals surface area (Å²) >= 11 is 0. The molecule has 0 aromatic heterocycles. The van der Waals surface area contributed by atoms with Crippen molar-refractivity contribution in [2.24, 2.45) is 0 Å². The average molecular weight is 367 g/mol. The Kier molecular flexibility index (Phi) is 7.31. The Bertz CT molecular complexity index is 682. The van der Waals surface area contributed by atoms with Crippen LogP contribution < -0.4 is 10.1 Å². The number of halogens is 2. The van der Waals surface area contributed by atoms with Gasteiger partial charge in [0, 0.05) is 6.54 Å². The predicted molar refractivity (Wildman–Crippen MR) is 88.7 cm³/mol. The molecule has 0 saturated heterocycles. The quantitative estimate of drug-likeness (QED) is 0.668. The topological polar surface area (TPSA) is 88.0 Å². The van der Waals surface area contributed by atoms with Gasteiger partial charge in [-0.15, -0.1) is 0 Å². The van der Waals surface area contributed by atoms with E-state index in [2.05, 4.69) is 10.1 Å². The zero-order chi connectivity index (χ0) is 18.9. The molecular weight excluding hydrogens is 348 g/mol. The minimum Gasteiger partial charge on any atom is -0.445 e. The van der Waals surface area contributed by atoms with Crippen LogP contribution in [0, 0.1) is 0 Å². The van der Waals surface area contributed by atoms with E-state index in [9.17, 15) is 23.8 Å². The molecule has 2 aromatic carbocycles. The number of benzene rings is 2. The molecular formula is C18H19F2NO5. The zero-order valence-electron chi connectivity index (χ0n) is 13.7. The summed E-state index contributed by atoms with van der Waals surface area (Å²) in [5.41, 5.74) is 1.10. The summed E-state index contributed by atoms with van der Waals surface area (Å²) in [6.07, 6.45) is -3.35. The Morgan fingerprint density at radius 1 is 1.04 bits per heavy atom. The van der Waals surface area contributed by atoms with Gasteiger partial charge in [0.15, 0.2) is 0 Å². The number of aliphatic hydroxyl groups is 2. The lowest BCUT2D eigenvalue weighted by Gasteiger charge is -2.19. The molecule has 0 saturated carbocycles. The number of hydrogen-bond donors (Lipinski definition) is 3. The van der Waals surface area contributed by atoms with Crippen LogP contribution in [-0.2, 0) is 11.3 Å². The molecule has 0 radical (unpaired) electrons. The van der Waals surface area contributed by atoms with Gasteiger partial charge in [0.05, 0.1) is 0 Å². The molecule has 0 aliphatic rings. The van der Waals surface area contributed by atoms with Crippen LogP contribution in [0.3, 0.4) is 0 Å². The van der Waals surface area contributed by atoms with Gasteiger partial charge in [-0.2, -0.15) is 8.78 Å². The van der Waals surface area contributed by atoms with E-state index in [1.165, 1.54) is 24.3 Å². The van der Waals surface area contributed by atoms with E-state index < -0.39 is 24.9 Å². The molecule has 0 aliphatic heterocycles. The lowest BCUT2D eigenvalue weighted by molar-refractivity contribution is -0.0499. The van der Waals surface area contributed by atoms with Crippen LogP contribution in [0.1, 0.15) is 17.2 Å². The SMILES string of the molecule is O=C(NCC(O)C(O)c1ccc(OC(F)F)cc1)OCc1ccccc1. The highest BCUT2D eigenvalue weighted by atomic mass is 19.3. The summed E-state index contributed by atoms with van der Waals surface area (Å²) in [5, 5.41) is 22.3. The minimum atomic E-state index is -2.94. The molecule has 2 aromatic rings. The number of hydrogen-bond acceptors (Lipinski definition) is 5. The molecule has 2 unspecified atom stereocenters. The number of carbonyl (C=O) groups is 1. The number of amides is 1. The Morgan fingerprint density at radius 3 is 2.31 bits per heavy atom. The maximum atomic E-state index is 12.1. The molecule has 0 fully saturated rings. The van der Waals surface area contributed by atoms with Crippen LogP contribution >= 0.6 is 0 Å². The number of aliphatic hydroxyl groups excluding tert-OH is 2. The summed E-state index contributed by atoms with van der Waals surface area (Å²) in [7, 11) is 0. The van der Waals surface area contributed by atoms with Gasteiger partial charge in [-0.3, -0.25) is 0 Å². The van der Waals surface area contributed by atoms with Crippen LogP contribution in [0.15, 0.2) is 54.6 Å². The van der Waals surface area contributed by atoms with Crippen molar-refractivity contribution in [3.63, 3.8) is 0 Å². The summed E-state index contributed by atoms with van der Waals surface area (Å²) in [4.78, 5) is 11.6. The van der Waals surface area contributed by atoms with Crippen molar-refractivity contribution in [1.82, 2.24) is 5.32 Å². The van der Waals surface area contributed by atoms with Gasteiger partial charge in [-0.25, -0.2) is 4.79 Å². The third kappa shape index (κ3) is 6.30. The highest BCUT2D eigenvalue weighted by Gasteiger charge is 2.19. The molecule has 0 bridgehead atoms. The van der Waals surface area contributed by atoms with Crippen molar-refractivity contribution < 1.29 is 33.3 Å². The van der Waals surface area contributed by atoms with Crippen molar-refractivity contribution in [3.05, 3.63) is 65.7 Å². The first-order valence-corrected chi connectivity index (χ1v) is 7.81. The smallest absolute Gasteiger partial charge is 0.407 e. The number of ether oxygens (including phenoxy) is 2. The number of alkyl halides is 2. The third-order valence-corrected chi connectivity index (χ3v) is 3.48. The fourth-order valence-electron chi connectivity index (χ4n) is 2.14. The first-order valence-electron chi connectivity index (χ1n) is 7.81.